The Kier molecular flexibility index (Phi) is 4.06. The van der Waals surface area contributed by atoms with Gasteiger partial charge in [0.2, 0.25) is 0 Å². The van der Waals surface area contributed by atoms with E-state index in [9.17, 15) is 0 Å². The van der Waals surface area contributed by atoms with Crippen LogP contribution in [-0.4, -0.2) is 36.3 Å². The monoisotopic (exact) mass is 222 g/mol. The molecular weight excluding hydrogens is 204 g/mol. The minimum atomic E-state index is 0.654. The second-order valence-electron chi connectivity index (χ2n) is 3.88. The van der Waals surface area contributed by atoms with Crippen molar-refractivity contribution in [2.45, 2.75) is 17.4 Å². The Morgan fingerprint density at radius 2 is 2.13 bits per heavy atom. The first-order valence-electron chi connectivity index (χ1n) is 5.52. The van der Waals surface area contributed by atoms with Gasteiger partial charge in [-0.15, -0.1) is 11.8 Å². The van der Waals surface area contributed by atoms with Crippen LogP contribution in [0, 0.1) is 0 Å². The van der Waals surface area contributed by atoms with Crippen LogP contribution in [0.2, 0.25) is 0 Å². The van der Waals surface area contributed by atoms with Crippen molar-refractivity contribution in [2.75, 3.05) is 25.4 Å². The van der Waals surface area contributed by atoms with Gasteiger partial charge in [0, 0.05) is 36.3 Å². The molecule has 1 aromatic carbocycles. The Labute approximate surface area is 95.8 Å². The highest BCUT2D eigenvalue weighted by Gasteiger charge is 2.25. The van der Waals surface area contributed by atoms with Crippen LogP contribution < -0.4 is 5.73 Å². The van der Waals surface area contributed by atoms with E-state index < -0.39 is 0 Å². The Morgan fingerprint density at radius 1 is 1.33 bits per heavy atom. The third-order valence-electron chi connectivity index (χ3n) is 2.93. The van der Waals surface area contributed by atoms with Crippen molar-refractivity contribution in [3.8, 4) is 0 Å². The van der Waals surface area contributed by atoms with Gasteiger partial charge in [0.1, 0.15) is 0 Å². The fourth-order valence-corrected chi connectivity index (χ4v) is 2.76. The zero-order chi connectivity index (χ0) is 10.5. The molecule has 2 rings (SSSR count). The van der Waals surface area contributed by atoms with E-state index in [2.05, 4.69) is 35.2 Å². The molecule has 15 heavy (non-hydrogen) atoms. The molecule has 2 N–H and O–H groups in total. The molecule has 1 aliphatic heterocycles. The van der Waals surface area contributed by atoms with Crippen molar-refractivity contribution in [1.82, 2.24) is 4.90 Å². The standard InChI is InChI=1S/C12H18N2S/c13-10-11-6-7-14(11)8-9-15-12-4-2-1-3-5-12/h1-5,11H,6-10,13H2. The van der Waals surface area contributed by atoms with Crippen LogP contribution in [0.3, 0.4) is 0 Å². The van der Waals surface area contributed by atoms with Gasteiger partial charge in [-0.25, -0.2) is 0 Å². The number of nitrogens with zero attached hydrogens (tertiary/aromatic N) is 1. The molecule has 0 amide bonds. The normalized spacial score (nSPS) is 21.3. The minimum absolute atomic E-state index is 0.654. The van der Waals surface area contributed by atoms with Crippen LogP contribution in [0.1, 0.15) is 6.42 Å². The molecule has 0 aromatic heterocycles. The second kappa shape index (κ2) is 5.54. The zero-order valence-electron chi connectivity index (χ0n) is 8.93. The third kappa shape index (κ3) is 2.97. The lowest BCUT2D eigenvalue weighted by molar-refractivity contribution is 0.106. The summed E-state index contributed by atoms with van der Waals surface area (Å²) in [6.45, 7) is 3.22. The fourth-order valence-electron chi connectivity index (χ4n) is 1.85. The van der Waals surface area contributed by atoms with Crippen molar-refractivity contribution in [3.05, 3.63) is 30.3 Å². The third-order valence-corrected chi connectivity index (χ3v) is 3.92. The summed E-state index contributed by atoms with van der Waals surface area (Å²) in [6.07, 6.45) is 1.28. The fraction of sp³-hybridized carbons (Fsp3) is 0.500. The van der Waals surface area contributed by atoms with Gasteiger partial charge in [-0.3, -0.25) is 4.90 Å². The molecule has 1 atom stereocenters. The molecule has 1 heterocycles. The molecule has 3 heteroatoms. The van der Waals surface area contributed by atoms with Crippen molar-refractivity contribution < 1.29 is 0 Å². The van der Waals surface area contributed by atoms with E-state index in [1.54, 1.807) is 0 Å². The quantitative estimate of drug-likeness (QED) is 0.771. The summed E-state index contributed by atoms with van der Waals surface area (Å²) in [5.74, 6) is 1.17. The molecule has 0 saturated carbocycles. The summed E-state index contributed by atoms with van der Waals surface area (Å²) in [4.78, 5) is 3.85. The summed E-state index contributed by atoms with van der Waals surface area (Å²) in [7, 11) is 0. The Morgan fingerprint density at radius 3 is 2.73 bits per heavy atom. The molecule has 82 valence electrons. The second-order valence-corrected chi connectivity index (χ2v) is 5.04. The number of rotatable bonds is 5. The lowest BCUT2D eigenvalue weighted by atomic mass is 10.0. The molecular formula is C12H18N2S. The van der Waals surface area contributed by atoms with E-state index in [4.69, 9.17) is 5.73 Å². The van der Waals surface area contributed by atoms with Crippen molar-refractivity contribution in [1.29, 1.82) is 0 Å². The highest BCUT2D eigenvalue weighted by molar-refractivity contribution is 7.99. The highest BCUT2D eigenvalue weighted by atomic mass is 32.2. The first-order valence-corrected chi connectivity index (χ1v) is 6.50. The first-order chi connectivity index (χ1) is 7.40. The largest absolute Gasteiger partial charge is 0.329 e. The van der Waals surface area contributed by atoms with Gasteiger partial charge < -0.3 is 5.73 Å². The van der Waals surface area contributed by atoms with E-state index in [-0.39, 0.29) is 0 Å². The van der Waals surface area contributed by atoms with Gasteiger partial charge in [-0.05, 0) is 18.6 Å². The van der Waals surface area contributed by atoms with Crippen LogP contribution in [0.5, 0.6) is 0 Å². The summed E-state index contributed by atoms with van der Waals surface area (Å²) in [6, 6.07) is 11.2. The summed E-state index contributed by atoms with van der Waals surface area (Å²) < 4.78 is 0. The molecule has 1 unspecified atom stereocenters. The van der Waals surface area contributed by atoms with Gasteiger partial charge in [-0.2, -0.15) is 0 Å². The SMILES string of the molecule is NCC1CCN1CCSc1ccccc1. The van der Waals surface area contributed by atoms with Crippen LogP contribution in [0.15, 0.2) is 35.2 Å². The Bertz CT molecular complexity index is 287. The van der Waals surface area contributed by atoms with E-state index in [1.165, 1.54) is 30.2 Å². The lowest BCUT2D eigenvalue weighted by Crippen LogP contribution is -2.52. The van der Waals surface area contributed by atoms with Gasteiger partial charge in [0.15, 0.2) is 0 Å². The van der Waals surface area contributed by atoms with Gasteiger partial charge in [0.25, 0.3) is 0 Å². The zero-order valence-corrected chi connectivity index (χ0v) is 9.75. The van der Waals surface area contributed by atoms with Crippen LogP contribution in [0.25, 0.3) is 0 Å². The number of likely N-dealkylation sites (tertiary alicyclic amines) is 1. The highest BCUT2D eigenvalue weighted by Crippen LogP contribution is 2.20. The number of nitrogens with two attached hydrogens (primary N) is 1. The van der Waals surface area contributed by atoms with E-state index in [0.717, 1.165) is 6.54 Å². The Balaban J connectivity index is 1.67. The predicted octanol–water partition coefficient (Wildman–Crippen LogP) is 1.81. The number of thioether (sulfide) groups is 1. The predicted molar refractivity (Wildman–Crippen MR) is 66.2 cm³/mol. The minimum Gasteiger partial charge on any atom is -0.329 e. The molecule has 0 radical (unpaired) electrons. The van der Waals surface area contributed by atoms with Crippen LogP contribution in [-0.2, 0) is 0 Å². The molecule has 0 bridgehead atoms. The van der Waals surface area contributed by atoms with E-state index in [1.807, 2.05) is 11.8 Å². The molecule has 1 aliphatic rings. The van der Waals surface area contributed by atoms with Gasteiger partial charge >= 0.3 is 0 Å². The van der Waals surface area contributed by atoms with E-state index in [0.29, 0.717) is 6.04 Å². The van der Waals surface area contributed by atoms with Crippen molar-refractivity contribution in [3.63, 3.8) is 0 Å². The average Bonchev–Trinajstić information content (AvgIpc) is 2.25. The number of benzene rings is 1. The average molecular weight is 222 g/mol. The van der Waals surface area contributed by atoms with Crippen molar-refractivity contribution in [2.24, 2.45) is 5.73 Å². The summed E-state index contributed by atoms with van der Waals surface area (Å²) in [5, 5.41) is 0. The van der Waals surface area contributed by atoms with Gasteiger partial charge in [0.05, 0.1) is 0 Å². The molecule has 1 saturated heterocycles. The van der Waals surface area contributed by atoms with Crippen LogP contribution in [0.4, 0.5) is 0 Å². The molecule has 1 aromatic rings. The van der Waals surface area contributed by atoms with Gasteiger partial charge in [-0.1, -0.05) is 18.2 Å². The molecule has 2 nitrogen and oxygen atoms in total. The number of hydrogen-bond donors (Lipinski definition) is 1. The maximum absolute atomic E-state index is 5.66. The maximum atomic E-state index is 5.66. The van der Waals surface area contributed by atoms with E-state index >= 15 is 0 Å². The summed E-state index contributed by atoms with van der Waals surface area (Å²) in [5.41, 5.74) is 5.66. The topological polar surface area (TPSA) is 29.3 Å². The lowest BCUT2D eigenvalue weighted by Gasteiger charge is -2.40. The molecule has 0 spiro atoms. The molecule has 1 fully saturated rings. The Hall–Kier alpha value is -0.510. The van der Waals surface area contributed by atoms with Crippen molar-refractivity contribution >= 4 is 11.8 Å². The smallest absolute Gasteiger partial charge is 0.0230 e. The first kappa shape index (κ1) is 11.0. The summed E-state index contributed by atoms with van der Waals surface area (Å²) >= 11 is 1.93. The molecule has 0 aliphatic carbocycles. The number of hydrogen-bond acceptors (Lipinski definition) is 3. The maximum Gasteiger partial charge on any atom is 0.0230 e. The van der Waals surface area contributed by atoms with Crippen LogP contribution >= 0.6 is 11.8 Å².